The van der Waals surface area contributed by atoms with Crippen molar-refractivity contribution < 1.29 is 13.2 Å². The molecule has 2 aromatic carbocycles. The van der Waals surface area contributed by atoms with Crippen LogP contribution in [-0.4, -0.2) is 14.3 Å². The summed E-state index contributed by atoms with van der Waals surface area (Å²) >= 11 is 11.9. The van der Waals surface area contributed by atoms with Crippen molar-refractivity contribution in [2.75, 3.05) is 5.32 Å². The normalized spacial score (nSPS) is 11.2. The van der Waals surface area contributed by atoms with Crippen LogP contribution in [0.5, 0.6) is 0 Å². The van der Waals surface area contributed by atoms with Crippen LogP contribution >= 0.6 is 33.9 Å². The van der Waals surface area contributed by atoms with Gasteiger partial charge in [0.2, 0.25) is 0 Å². The number of carbonyl (C=O) groups is 1. The van der Waals surface area contributed by atoms with Crippen LogP contribution in [0.3, 0.4) is 0 Å². The molecule has 0 heterocycles. The second-order valence-electron chi connectivity index (χ2n) is 4.02. The fourth-order valence-corrected chi connectivity index (χ4v) is 3.08. The monoisotopic (exact) mass is 363 g/mol. The molecule has 0 aliphatic heterocycles. The third-order valence-corrected chi connectivity index (χ3v) is 4.50. The van der Waals surface area contributed by atoms with E-state index in [4.69, 9.17) is 33.9 Å². The third-order valence-electron chi connectivity index (χ3n) is 2.57. The highest BCUT2D eigenvalue weighted by atomic mass is 35.7. The molecule has 0 unspecified atom stereocenters. The lowest BCUT2D eigenvalue weighted by Gasteiger charge is -2.10. The third kappa shape index (κ3) is 3.89. The summed E-state index contributed by atoms with van der Waals surface area (Å²) in [5, 5.41) is 2.49. The number of anilines is 1. The SMILES string of the molecule is O=C(Nc1c(Cl)cc(S(=O)(=O)Cl)cc1Cl)c1ccccc1. The van der Waals surface area contributed by atoms with Gasteiger partial charge in [0.1, 0.15) is 0 Å². The Labute approximate surface area is 136 Å². The van der Waals surface area contributed by atoms with E-state index >= 15 is 0 Å². The van der Waals surface area contributed by atoms with E-state index in [0.717, 1.165) is 12.1 Å². The van der Waals surface area contributed by atoms with Crippen molar-refractivity contribution in [2.24, 2.45) is 0 Å². The van der Waals surface area contributed by atoms with Gasteiger partial charge in [0.25, 0.3) is 15.0 Å². The van der Waals surface area contributed by atoms with Crippen molar-refractivity contribution in [3.63, 3.8) is 0 Å². The Kier molecular flexibility index (Phi) is 4.78. The molecule has 0 saturated carbocycles. The van der Waals surface area contributed by atoms with Crippen LogP contribution in [-0.2, 0) is 9.05 Å². The number of halogens is 3. The zero-order valence-electron chi connectivity index (χ0n) is 10.3. The second-order valence-corrected chi connectivity index (χ2v) is 7.40. The lowest BCUT2D eigenvalue weighted by molar-refractivity contribution is 0.102. The van der Waals surface area contributed by atoms with E-state index in [0.29, 0.717) is 5.56 Å². The Hall–Kier alpha value is -1.27. The standard InChI is InChI=1S/C13H8Cl3NO3S/c14-10-6-9(21(16,19)20)7-11(15)12(10)17-13(18)8-4-2-1-3-5-8/h1-7H,(H,17,18). The Morgan fingerprint density at radius 2 is 1.52 bits per heavy atom. The molecule has 0 aliphatic rings. The molecule has 2 aromatic rings. The van der Waals surface area contributed by atoms with Gasteiger partial charge < -0.3 is 5.32 Å². The average molecular weight is 365 g/mol. The van der Waals surface area contributed by atoms with Crippen LogP contribution in [0.2, 0.25) is 10.0 Å². The fraction of sp³-hybridized carbons (Fsp3) is 0. The number of carbonyl (C=O) groups excluding carboxylic acids is 1. The molecule has 1 N–H and O–H groups in total. The number of amides is 1. The summed E-state index contributed by atoms with van der Waals surface area (Å²) in [5.41, 5.74) is 0.537. The number of rotatable bonds is 3. The smallest absolute Gasteiger partial charge is 0.261 e. The summed E-state index contributed by atoms with van der Waals surface area (Å²) in [6.07, 6.45) is 0. The number of hydrogen-bond acceptors (Lipinski definition) is 3. The van der Waals surface area contributed by atoms with Gasteiger partial charge >= 0.3 is 0 Å². The molecule has 0 aliphatic carbocycles. The topological polar surface area (TPSA) is 63.2 Å². The molecule has 110 valence electrons. The maximum absolute atomic E-state index is 12.0. The minimum atomic E-state index is -3.95. The molecular weight excluding hydrogens is 357 g/mol. The molecule has 0 saturated heterocycles. The highest BCUT2D eigenvalue weighted by molar-refractivity contribution is 8.13. The predicted molar refractivity (Wildman–Crippen MR) is 83.9 cm³/mol. The van der Waals surface area contributed by atoms with Crippen LogP contribution in [0.1, 0.15) is 10.4 Å². The maximum atomic E-state index is 12.0. The van der Waals surface area contributed by atoms with Gasteiger partial charge in [-0.2, -0.15) is 0 Å². The highest BCUT2D eigenvalue weighted by Gasteiger charge is 2.17. The number of hydrogen-bond donors (Lipinski definition) is 1. The Morgan fingerprint density at radius 1 is 1.00 bits per heavy atom. The first-order valence-corrected chi connectivity index (χ1v) is 8.65. The molecule has 0 bridgehead atoms. The molecule has 0 spiro atoms. The fourth-order valence-electron chi connectivity index (χ4n) is 1.59. The van der Waals surface area contributed by atoms with E-state index in [-0.39, 0.29) is 20.6 Å². The molecular formula is C13H8Cl3NO3S. The minimum Gasteiger partial charge on any atom is -0.319 e. The van der Waals surface area contributed by atoms with E-state index in [2.05, 4.69) is 5.32 Å². The Morgan fingerprint density at radius 3 is 2.00 bits per heavy atom. The van der Waals surface area contributed by atoms with Gasteiger partial charge in [0.15, 0.2) is 0 Å². The van der Waals surface area contributed by atoms with Crippen LogP contribution < -0.4 is 5.32 Å². The first-order chi connectivity index (χ1) is 9.79. The molecule has 0 aromatic heterocycles. The zero-order chi connectivity index (χ0) is 15.6. The largest absolute Gasteiger partial charge is 0.319 e. The van der Waals surface area contributed by atoms with Crippen LogP contribution in [0.4, 0.5) is 5.69 Å². The van der Waals surface area contributed by atoms with Gasteiger partial charge in [0, 0.05) is 16.2 Å². The lowest BCUT2D eigenvalue weighted by atomic mass is 10.2. The molecule has 0 atom stereocenters. The minimum absolute atomic E-state index is 0.0222. The van der Waals surface area contributed by atoms with E-state index < -0.39 is 15.0 Å². The molecule has 1 amide bonds. The van der Waals surface area contributed by atoms with Crippen molar-refractivity contribution in [1.29, 1.82) is 0 Å². The molecule has 4 nitrogen and oxygen atoms in total. The summed E-state index contributed by atoms with van der Waals surface area (Å²) in [7, 11) is 1.27. The van der Waals surface area contributed by atoms with Crippen molar-refractivity contribution in [3.05, 3.63) is 58.1 Å². The van der Waals surface area contributed by atoms with E-state index in [1.54, 1.807) is 30.3 Å². The van der Waals surface area contributed by atoms with Gasteiger partial charge in [-0.05, 0) is 24.3 Å². The Bertz CT molecular complexity index is 769. The Balaban J connectivity index is 2.36. The molecule has 8 heteroatoms. The van der Waals surface area contributed by atoms with Crippen molar-refractivity contribution >= 4 is 54.5 Å². The highest BCUT2D eigenvalue weighted by Crippen LogP contribution is 2.34. The molecule has 21 heavy (non-hydrogen) atoms. The van der Waals surface area contributed by atoms with Crippen LogP contribution in [0.15, 0.2) is 47.4 Å². The van der Waals surface area contributed by atoms with Crippen LogP contribution in [0.25, 0.3) is 0 Å². The first-order valence-electron chi connectivity index (χ1n) is 5.59. The summed E-state index contributed by atoms with van der Waals surface area (Å²) in [5.74, 6) is -0.416. The lowest BCUT2D eigenvalue weighted by Crippen LogP contribution is -2.12. The van der Waals surface area contributed by atoms with Crippen LogP contribution in [0, 0.1) is 0 Å². The summed E-state index contributed by atoms with van der Waals surface area (Å²) in [6.45, 7) is 0. The quantitative estimate of drug-likeness (QED) is 0.831. The number of nitrogens with one attached hydrogen (secondary N) is 1. The van der Waals surface area contributed by atoms with E-state index in [1.807, 2.05) is 0 Å². The first kappa shape index (κ1) is 16.1. The van der Waals surface area contributed by atoms with Crippen molar-refractivity contribution in [1.82, 2.24) is 0 Å². The summed E-state index contributed by atoms with van der Waals surface area (Å²) < 4.78 is 22.5. The van der Waals surface area contributed by atoms with Gasteiger partial charge in [-0.3, -0.25) is 4.79 Å². The van der Waals surface area contributed by atoms with E-state index in [1.165, 1.54) is 0 Å². The van der Waals surface area contributed by atoms with Gasteiger partial charge in [-0.25, -0.2) is 8.42 Å². The van der Waals surface area contributed by atoms with Gasteiger partial charge in [0.05, 0.1) is 20.6 Å². The summed E-state index contributed by atoms with van der Waals surface area (Å²) in [4.78, 5) is 11.8. The second kappa shape index (κ2) is 6.23. The number of benzene rings is 2. The molecule has 2 rings (SSSR count). The van der Waals surface area contributed by atoms with Gasteiger partial charge in [-0.1, -0.05) is 41.4 Å². The van der Waals surface area contributed by atoms with Crippen molar-refractivity contribution in [2.45, 2.75) is 4.90 Å². The van der Waals surface area contributed by atoms with Gasteiger partial charge in [-0.15, -0.1) is 0 Å². The predicted octanol–water partition coefficient (Wildman–Crippen LogP) is 4.17. The van der Waals surface area contributed by atoms with E-state index in [9.17, 15) is 13.2 Å². The maximum Gasteiger partial charge on any atom is 0.261 e. The molecule has 0 radical (unpaired) electrons. The summed E-state index contributed by atoms with van der Waals surface area (Å²) in [6, 6.07) is 10.7. The molecule has 0 fully saturated rings. The zero-order valence-corrected chi connectivity index (χ0v) is 13.4. The van der Waals surface area contributed by atoms with Crippen molar-refractivity contribution in [3.8, 4) is 0 Å². The average Bonchev–Trinajstić information content (AvgIpc) is 2.42.